The summed E-state index contributed by atoms with van der Waals surface area (Å²) in [6.07, 6.45) is 17.2. The van der Waals surface area contributed by atoms with E-state index in [9.17, 15) is 4.79 Å². The van der Waals surface area contributed by atoms with Crippen LogP contribution in [0.15, 0.2) is 34.9 Å². The van der Waals surface area contributed by atoms with E-state index in [1.807, 2.05) is 0 Å². The van der Waals surface area contributed by atoms with Gasteiger partial charge in [-0.05, 0) is 78.3 Å². The Kier molecular flexibility index (Phi) is 6.56. The van der Waals surface area contributed by atoms with Gasteiger partial charge < -0.3 is 4.74 Å². The van der Waals surface area contributed by atoms with Gasteiger partial charge in [0.25, 0.3) is 0 Å². The van der Waals surface area contributed by atoms with Gasteiger partial charge in [0.2, 0.25) is 0 Å². The highest BCUT2D eigenvalue weighted by molar-refractivity contribution is 5.66. The van der Waals surface area contributed by atoms with E-state index in [0.717, 1.165) is 42.9 Å². The van der Waals surface area contributed by atoms with Crippen molar-refractivity contribution in [2.24, 2.45) is 40.4 Å². The van der Waals surface area contributed by atoms with Gasteiger partial charge in [-0.3, -0.25) is 4.79 Å². The third-order valence-electron chi connectivity index (χ3n) is 10.3. The highest BCUT2D eigenvalue weighted by Gasteiger charge is 2.54. The molecule has 32 heavy (non-hydrogen) atoms. The Hall–Kier alpha value is -1.31. The molecule has 178 valence electrons. The minimum Gasteiger partial charge on any atom is -0.462 e. The molecule has 4 aliphatic rings. The molecule has 0 spiro atoms. The highest BCUT2D eigenvalue weighted by atomic mass is 16.5. The van der Waals surface area contributed by atoms with Crippen molar-refractivity contribution in [3.8, 4) is 0 Å². The first-order valence-electron chi connectivity index (χ1n) is 13.4. The van der Waals surface area contributed by atoms with E-state index in [4.69, 9.17) is 4.74 Å². The molecule has 0 bridgehead atoms. The molecule has 3 unspecified atom stereocenters. The lowest BCUT2D eigenvalue weighted by atomic mass is 9.54. The number of carbonyl (C=O) groups is 1. The van der Waals surface area contributed by atoms with Crippen molar-refractivity contribution in [2.45, 2.75) is 106 Å². The van der Waals surface area contributed by atoms with Gasteiger partial charge in [0.15, 0.2) is 0 Å². The summed E-state index contributed by atoms with van der Waals surface area (Å²) in [6, 6.07) is 0. The Bertz CT molecular complexity index is 830. The van der Waals surface area contributed by atoms with Gasteiger partial charge in [0.1, 0.15) is 6.10 Å². The number of fused-ring (bicyclic) bond motifs is 5. The Morgan fingerprint density at radius 2 is 1.84 bits per heavy atom. The van der Waals surface area contributed by atoms with Gasteiger partial charge in [-0.2, -0.15) is 0 Å². The molecule has 2 saturated carbocycles. The highest BCUT2D eigenvalue weighted by Crippen LogP contribution is 2.64. The predicted molar refractivity (Wildman–Crippen MR) is 133 cm³/mol. The zero-order valence-electron chi connectivity index (χ0n) is 21.7. The summed E-state index contributed by atoms with van der Waals surface area (Å²) in [5.74, 6) is 3.83. The largest absolute Gasteiger partial charge is 0.462 e. The van der Waals surface area contributed by atoms with Crippen LogP contribution in [0.1, 0.15) is 99.8 Å². The number of hydrogen-bond donors (Lipinski definition) is 0. The van der Waals surface area contributed by atoms with Gasteiger partial charge in [0, 0.05) is 18.8 Å². The molecule has 4 aliphatic carbocycles. The normalized spacial score (nSPS) is 38.0. The van der Waals surface area contributed by atoms with Crippen molar-refractivity contribution in [3.05, 3.63) is 34.9 Å². The molecule has 7 atom stereocenters. The second-order valence-electron chi connectivity index (χ2n) is 12.5. The second kappa shape index (κ2) is 8.80. The number of allylic oxidation sites excluding steroid dienone is 5. The fourth-order valence-electron chi connectivity index (χ4n) is 7.71. The second-order valence-corrected chi connectivity index (χ2v) is 12.5. The Morgan fingerprint density at radius 1 is 1.09 bits per heavy atom. The van der Waals surface area contributed by atoms with E-state index in [-0.39, 0.29) is 17.5 Å². The summed E-state index contributed by atoms with van der Waals surface area (Å²) < 4.78 is 5.58. The van der Waals surface area contributed by atoms with Crippen LogP contribution in [0.25, 0.3) is 0 Å². The fraction of sp³-hybridized carbons (Fsp3) is 0.767. The van der Waals surface area contributed by atoms with Crippen LogP contribution in [-0.4, -0.2) is 12.1 Å². The summed E-state index contributed by atoms with van der Waals surface area (Å²) >= 11 is 0. The zero-order valence-corrected chi connectivity index (χ0v) is 21.7. The van der Waals surface area contributed by atoms with Crippen molar-refractivity contribution in [1.82, 2.24) is 0 Å². The Morgan fingerprint density at radius 3 is 2.53 bits per heavy atom. The summed E-state index contributed by atoms with van der Waals surface area (Å²) in [5.41, 5.74) is 5.27. The molecule has 4 rings (SSSR count). The van der Waals surface area contributed by atoms with E-state index < -0.39 is 0 Å². The van der Waals surface area contributed by atoms with Crippen LogP contribution in [0.4, 0.5) is 0 Å². The molecule has 0 aromatic rings. The Balaban J connectivity index is 1.53. The summed E-state index contributed by atoms with van der Waals surface area (Å²) in [7, 11) is 0. The van der Waals surface area contributed by atoms with Crippen LogP contribution in [0.3, 0.4) is 0 Å². The van der Waals surface area contributed by atoms with Gasteiger partial charge in [-0.1, -0.05) is 78.2 Å². The van der Waals surface area contributed by atoms with E-state index in [1.165, 1.54) is 44.6 Å². The maximum absolute atomic E-state index is 11.5. The first kappa shape index (κ1) is 23.8. The van der Waals surface area contributed by atoms with Crippen LogP contribution in [0.2, 0.25) is 0 Å². The molecule has 0 aromatic carbocycles. The molecular formula is C30H46O2. The average molecular weight is 439 g/mol. The molecule has 0 aliphatic heterocycles. The minimum atomic E-state index is -0.146. The fourth-order valence-corrected chi connectivity index (χ4v) is 7.71. The molecule has 0 amide bonds. The minimum absolute atomic E-state index is 0.0566. The number of esters is 1. The number of carbonyl (C=O) groups excluding carboxylic acids is 1. The lowest BCUT2D eigenvalue weighted by Gasteiger charge is -2.51. The quantitative estimate of drug-likeness (QED) is 0.392. The SMILES string of the molecule is CC(=O)OC1CC[C@@]2(C)C(=CC=C3C2=CC[C@]2(C)[C@@H](C(C)CCC(C)C(C)C)CC[C@@H]32)C1. The summed E-state index contributed by atoms with van der Waals surface area (Å²) in [5, 5.41) is 0. The first-order valence-corrected chi connectivity index (χ1v) is 13.4. The average Bonchev–Trinajstić information content (AvgIpc) is 3.08. The molecular weight excluding hydrogens is 392 g/mol. The smallest absolute Gasteiger partial charge is 0.302 e. The standard InChI is InChI=1S/C30H46O2/c1-19(2)20(3)8-9-21(4)26-12-13-27-25-11-10-23-18-24(32-22(5)31)14-16-29(23,6)28(25)15-17-30(26,27)7/h10-11,15,19-21,24,26-27H,8-9,12-14,16-18H2,1-7H3/t20?,21?,24?,26-,27+,29+,30-/m1/s1. The number of hydrogen-bond acceptors (Lipinski definition) is 2. The lowest BCUT2D eigenvalue weighted by Crippen LogP contribution is -2.41. The van der Waals surface area contributed by atoms with Crippen LogP contribution in [0.5, 0.6) is 0 Å². The Labute approximate surface area is 197 Å². The third-order valence-corrected chi connectivity index (χ3v) is 10.3. The van der Waals surface area contributed by atoms with Gasteiger partial charge in [-0.25, -0.2) is 0 Å². The molecule has 0 saturated heterocycles. The molecule has 2 heteroatoms. The van der Waals surface area contributed by atoms with Crippen LogP contribution in [-0.2, 0) is 9.53 Å². The van der Waals surface area contributed by atoms with Crippen LogP contribution < -0.4 is 0 Å². The van der Waals surface area contributed by atoms with Crippen molar-refractivity contribution < 1.29 is 9.53 Å². The molecule has 0 heterocycles. The van der Waals surface area contributed by atoms with E-state index in [0.29, 0.717) is 11.3 Å². The third kappa shape index (κ3) is 4.05. The van der Waals surface area contributed by atoms with Crippen molar-refractivity contribution in [3.63, 3.8) is 0 Å². The lowest BCUT2D eigenvalue weighted by molar-refractivity contribution is -0.147. The summed E-state index contributed by atoms with van der Waals surface area (Å²) in [4.78, 5) is 11.5. The van der Waals surface area contributed by atoms with Crippen molar-refractivity contribution in [1.29, 1.82) is 0 Å². The number of rotatable bonds is 6. The van der Waals surface area contributed by atoms with E-state index >= 15 is 0 Å². The van der Waals surface area contributed by atoms with Gasteiger partial charge in [-0.15, -0.1) is 0 Å². The maximum Gasteiger partial charge on any atom is 0.302 e. The van der Waals surface area contributed by atoms with Gasteiger partial charge >= 0.3 is 5.97 Å². The molecule has 0 N–H and O–H groups in total. The molecule has 0 aromatic heterocycles. The first-order chi connectivity index (χ1) is 15.1. The topological polar surface area (TPSA) is 26.3 Å². The van der Waals surface area contributed by atoms with Gasteiger partial charge in [0.05, 0.1) is 0 Å². The molecule has 2 nitrogen and oxygen atoms in total. The maximum atomic E-state index is 11.5. The molecule has 0 radical (unpaired) electrons. The van der Waals surface area contributed by atoms with Crippen molar-refractivity contribution >= 4 is 5.97 Å². The monoisotopic (exact) mass is 438 g/mol. The summed E-state index contributed by atoms with van der Waals surface area (Å²) in [6.45, 7) is 16.3. The predicted octanol–water partition coefficient (Wildman–Crippen LogP) is 8.05. The van der Waals surface area contributed by atoms with Crippen LogP contribution in [0, 0.1) is 40.4 Å². The van der Waals surface area contributed by atoms with E-state index in [2.05, 4.69) is 59.8 Å². The zero-order chi connectivity index (χ0) is 23.3. The van der Waals surface area contributed by atoms with Crippen LogP contribution >= 0.6 is 0 Å². The molecule has 2 fully saturated rings. The van der Waals surface area contributed by atoms with E-state index in [1.54, 1.807) is 11.1 Å². The number of ether oxygens (including phenoxy) is 1. The van der Waals surface area contributed by atoms with Crippen molar-refractivity contribution in [2.75, 3.05) is 0 Å².